The van der Waals surface area contributed by atoms with E-state index in [9.17, 15) is 18.0 Å². The van der Waals surface area contributed by atoms with Crippen LogP contribution in [0.3, 0.4) is 0 Å². The molecule has 168 valence electrons. The molecule has 4 rings (SSSR count). The fraction of sp³-hybridized carbons (Fsp3) is 0.800. The van der Waals surface area contributed by atoms with E-state index in [1.807, 2.05) is 9.80 Å². The van der Waals surface area contributed by atoms with E-state index in [1.165, 1.54) is 12.5 Å². The minimum absolute atomic E-state index is 0.0411. The molecule has 3 unspecified atom stereocenters. The van der Waals surface area contributed by atoms with Crippen molar-refractivity contribution in [3.05, 3.63) is 12.7 Å². The van der Waals surface area contributed by atoms with Crippen LogP contribution in [-0.2, 0) is 14.8 Å². The highest BCUT2D eigenvalue weighted by Crippen LogP contribution is 2.43. The largest absolute Gasteiger partial charge is 0.341 e. The molecule has 1 N–H and O–H groups in total. The zero-order chi connectivity index (χ0) is 21.3. The van der Waals surface area contributed by atoms with E-state index < -0.39 is 15.3 Å². The van der Waals surface area contributed by atoms with E-state index >= 15 is 0 Å². The lowest BCUT2D eigenvalue weighted by Gasteiger charge is -2.37. The maximum atomic E-state index is 13.2. The topological polar surface area (TPSA) is 90.0 Å². The molecule has 0 saturated carbocycles. The molecule has 4 aliphatic heterocycles. The number of urea groups is 1. The minimum atomic E-state index is -3.36. The molecule has 0 aromatic rings. The van der Waals surface area contributed by atoms with Crippen LogP contribution in [0.5, 0.6) is 0 Å². The third-order valence-corrected chi connectivity index (χ3v) is 10.7. The van der Waals surface area contributed by atoms with Gasteiger partial charge in [0.1, 0.15) is 0 Å². The normalized spacial score (nSPS) is 30.9. The summed E-state index contributed by atoms with van der Waals surface area (Å²) in [6.07, 6.45) is 6.39. The Hall–Kier alpha value is -1.26. The van der Waals surface area contributed by atoms with Gasteiger partial charge in [-0.25, -0.2) is 17.5 Å². The Morgan fingerprint density at radius 3 is 2.30 bits per heavy atom. The van der Waals surface area contributed by atoms with Gasteiger partial charge >= 0.3 is 6.03 Å². The van der Waals surface area contributed by atoms with Crippen LogP contribution in [0.15, 0.2) is 12.7 Å². The van der Waals surface area contributed by atoms with Gasteiger partial charge in [-0.1, -0.05) is 6.58 Å². The molecule has 0 spiro atoms. The molecule has 0 aliphatic carbocycles. The number of thioether (sulfide) groups is 1. The molecule has 0 aromatic heterocycles. The van der Waals surface area contributed by atoms with E-state index in [-0.39, 0.29) is 28.5 Å². The number of nitrogens with one attached hydrogen (secondary N) is 1. The predicted molar refractivity (Wildman–Crippen MR) is 118 cm³/mol. The SMILES string of the molecule is C=CC(=O)NC1CC2CN(S(=O)(=O)C3CCN(C(=O)N4CCCCC4)CC3)CC2S1. The number of carbonyl (C=O) groups is 2. The van der Waals surface area contributed by atoms with Crippen LogP contribution < -0.4 is 5.32 Å². The number of amides is 3. The Labute approximate surface area is 183 Å². The first-order valence-corrected chi connectivity index (χ1v) is 13.4. The van der Waals surface area contributed by atoms with Crippen molar-refractivity contribution in [1.29, 1.82) is 0 Å². The van der Waals surface area contributed by atoms with E-state index in [4.69, 9.17) is 0 Å². The van der Waals surface area contributed by atoms with Crippen molar-refractivity contribution in [1.82, 2.24) is 19.4 Å². The zero-order valence-electron chi connectivity index (χ0n) is 17.4. The Balaban J connectivity index is 1.28. The maximum absolute atomic E-state index is 13.2. The van der Waals surface area contributed by atoms with Crippen LogP contribution in [-0.4, -0.2) is 89.6 Å². The van der Waals surface area contributed by atoms with Crippen molar-refractivity contribution in [2.75, 3.05) is 39.3 Å². The summed E-state index contributed by atoms with van der Waals surface area (Å²) in [4.78, 5) is 27.9. The first-order chi connectivity index (χ1) is 14.4. The maximum Gasteiger partial charge on any atom is 0.319 e. The molecule has 4 saturated heterocycles. The van der Waals surface area contributed by atoms with Gasteiger partial charge in [0, 0.05) is 44.5 Å². The summed E-state index contributed by atoms with van der Waals surface area (Å²) in [5, 5.41) is 2.79. The van der Waals surface area contributed by atoms with Gasteiger partial charge in [0.15, 0.2) is 0 Å². The molecule has 4 heterocycles. The lowest BCUT2D eigenvalue weighted by Crippen LogP contribution is -2.51. The van der Waals surface area contributed by atoms with Crippen molar-refractivity contribution in [3.8, 4) is 0 Å². The molecular weight excluding hydrogens is 424 g/mol. The summed E-state index contributed by atoms with van der Waals surface area (Å²) in [5.41, 5.74) is 0. The summed E-state index contributed by atoms with van der Waals surface area (Å²) >= 11 is 1.67. The molecule has 10 heteroatoms. The molecular formula is C20H32N4O4S2. The first-order valence-electron chi connectivity index (χ1n) is 11.0. The number of nitrogens with zero attached hydrogens (tertiary/aromatic N) is 3. The smallest absolute Gasteiger partial charge is 0.319 e. The zero-order valence-corrected chi connectivity index (χ0v) is 19.0. The van der Waals surface area contributed by atoms with Crippen LogP contribution in [0.4, 0.5) is 4.79 Å². The quantitative estimate of drug-likeness (QED) is 0.647. The Bertz CT molecular complexity index is 762. The highest BCUT2D eigenvalue weighted by Gasteiger charge is 2.47. The number of likely N-dealkylation sites (tertiary alicyclic amines) is 2. The number of hydrogen-bond acceptors (Lipinski definition) is 5. The van der Waals surface area contributed by atoms with Crippen molar-refractivity contribution in [2.45, 2.75) is 54.4 Å². The molecule has 3 amide bonds. The van der Waals surface area contributed by atoms with Crippen molar-refractivity contribution < 1.29 is 18.0 Å². The Kier molecular flexibility index (Phi) is 6.64. The van der Waals surface area contributed by atoms with Gasteiger partial charge in [-0.3, -0.25) is 4.79 Å². The second-order valence-electron chi connectivity index (χ2n) is 8.75. The van der Waals surface area contributed by atoms with E-state index in [0.29, 0.717) is 39.0 Å². The molecule has 30 heavy (non-hydrogen) atoms. The summed E-state index contributed by atoms with van der Waals surface area (Å²) in [5.74, 6) is 0.100. The lowest BCUT2D eigenvalue weighted by molar-refractivity contribution is -0.116. The van der Waals surface area contributed by atoms with Gasteiger partial charge in [0.05, 0.1) is 10.6 Å². The van der Waals surface area contributed by atoms with Gasteiger partial charge in [0.2, 0.25) is 15.9 Å². The molecule has 0 aromatic carbocycles. The van der Waals surface area contributed by atoms with E-state index in [1.54, 1.807) is 16.1 Å². The van der Waals surface area contributed by atoms with Crippen LogP contribution in [0.2, 0.25) is 0 Å². The van der Waals surface area contributed by atoms with Gasteiger partial charge < -0.3 is 15.1 Å². The Morgan fingerprint density at radius 1 is 1.00 bits per heavy atom. The fourth-order valence-corrected chi connectivity index (χ4v) is 8.82. The number of piperidine rings is 2. The third-order valence-electron chi connectivity index (χ3n) is 6.81. The molecule has 8 nitrogen and oxygen atoms in total. The standard InChI is InChI=1S/C20H32N4O4S2/c1-2-18(25)21-19-12-15-13-24(14-17(15)29-19)30(27,28)16-6-10-23(11-7-16)20(26)22-8-4-3-5-9-22/h2,15-17,19H,1,3-14H2,(H,21,25). The van der Waals surface area contributed by atoms with Gasteiger partial charge in [-0.15, -0.1) is 11.8 Å². The van der Waals surface area contributed by atoms with Crippen LogP contribution in [0.25, 0.3) is 0 Å². The summed E-state index contributed by atoms with van der Waals surface area (Å²) in [6, 6.07) is 0.0743. The highest BCUT2D eigenvalue weighted by molar-refractivity contribution is 8.00. The monoisotopic (exact) mass is 456 g/mol. The van der Waals surface area contributed by atoms with Crippen LogP contribution in [0.1, 0.15) is 38.5 Å². The summed E-state index contributed by atoms with van der Waals surface area (Å²) in [6.45, 7) is 7.21. The predicted octanol–water partition coefficient (Wildman–Crippen LogP) is 1.45. The number of rotatable bonds is 4. The fourth-order valence-electron chi connectivity index (χ4n) is 5.08. The summed E-state index contributed by atoms with van der Waals surface area (Å²) in [7, 11) is -3.36. The van der Waals surface area contributed by atoms with Crippen molar-refractivity contribution >= 4 is 33.7 Å². The number of carbonyl (C=O) groups excluding carboxylic acids is 2. The van der Waals surface area contributed by atoms with E-state index in [2.05, 4.69) is 11.9 Å². The van der Waals surface area contributed by atoms with Gasteiger partial charge in [0.25, 0.3) is 0 Å². The first kappa shape index (κ1) is 22.0. The average molecular weight is 457 g/mol. The lowest BCUT2D eigenvalue weighted by atomic mass is 10.1. The average Bonchev–Trinajstić information content (AvgIpc) is 3.33. The van der Waals surface area contributed by atoms with E-state index in [0.717, 1.165) is 32.4 Å². The molecule has 3 atom stereocenters. The second kappa shape index (κ2) is 9.08. The molecule has 4 aliphatic rings. The van der Waals surface area contributed by atoms with Gasteiger partial charge in [-0.05, 0) is 50.5 Å². The van der Waals surface area contributed by atoms with Crippen LogP contribution in [0, 0.1) is 5.92 Å². The number of sulfonamides is 1. The number of hydrogen-bond donors (Lipinski definition) is 1. The van der Waals surface area contributed by atoms with Gasteiger partial charge in [-0.2, -0.15) is 0 Å². The minimum Gasteiger partial charge on any atom is -0.341 e. The number of fused-ring (bicyclic) bond motifs is 1. The highest BCUT2D eigenvalue weighted by atomic mass is 32.2. The second-order valence-corrected chi connectivity index (χ2v) is 12.4. The molecule has 4 fully saturated rings. The summed E-state index contributed by atoms with van der Waals surface area (Å²) < 4.78 is 28.1. The third kappa shape index (κ3) is 4.50. The Morgan fingerprint density at radius 2 is 1.67 bits per heavy atom. The van der Waals surface area contributed by atoms with Crippen molar-refractivity contribution in [3.63, 3.8) is 0 Å². The molecule has 0 bridgehead atoms. The van der Waals surface area contributed by atoms with Crippen molar-refractivity contribution in [2.24, 2.45) is 5.92 Å². The molecule has 0 radical (unpaired) electrons. The van der Waals surface area contributed by atoms with Crippen LogP contribution >= 0.6 is 11.8 Å².